The quantitative estimate of drug-likeness (QED) is 0.201. The number of pyridine rings is 2. The molecule has 2 N–H and O–H groups in total. The van der Waals surface area contributed by atoms with Gasteiger partial charge < -0.3 is 15.2 Å². The van der Waals surface area contributed by atoms with Gasteiger partial charge >= 0.3 is 5.69 Å². The molecule has 1 fully saturated rings. The molecule has 10 heteroatoms. The first-order chi connectivity index (χ1) is 19.4. The van der Waals surface area contributed by atoms with Crippen LogP contribution in [-0.4, -0.2) is 36.6 Å². The topological polar surface area (TPSA) is 119 Å². The highest BCUT2D eigenvalue weighted by atomic mass is 32.1. The minimum atomic E-state index is -0.470. The van der Waals surface area contributed by atoms with E-state index < -0.39 is 5.69 Å². The predicted molar refractivity (Wildman–Crippen MR) is 175 cm³/mol. The molecule has 1 aromatic carbocycles. The molecule has 1 amide bonds. The Balaban J connectivity index is 0.00000169. The molecule has 6 rings (SSSR count). The van der Waals surface area contributed by atoms with E-state index in [9.17, 15) is 14.7 Å². The van der Waals surface area contributed by atoms with Crippen molar-refractivity contribution >= 4 is 44.3 Å². The van der Waals surface area contributed by atoms with Crippen molar-refractivity contribution in [2.75, 3.05) is 0 Å². The number of aryl methyl sites for hydroxylation is 1. The van der Waals surface area contributed by atoms with Crippen molar-refractivity contribution in [2.24, 2.45) is 5.92 Å². The minimum absolute atomic E-state index is 0. The van der Waals surface area contributed by atoms with Gasteiger partial charge in [-0.1, -0.05) is 47.1 Å². The number of thiophene rings is 1. The van der Waals surface area contributed by atoms with Crippen LogP contribution in [0.3, 0.4) is 0 Å². The Morgan fingerprint density at radius 3 is 2.67 bits per heavy atom. The van der Waals surface area contributed by atoms with Crippen LogP contribution in [0.2, 0.25) is 0 Å². The van der Waals surface area contributed by atoms with Gasteiger partial charge in [0.25, 0.3) is 0 Å². The van der Waals surface area contributed by atoms with E-state index in [1.165, 1.54) is 22.0 Å². The van der Waals surface area contributed by atoms with Gasteiger partial charge in [-0.15, -0.1) is 11.3 Å². The third kappa shape index (κ3) is 6.44. The third-order valence-electron chi connectivity index (χ3n) is 7.27. The SMILES string of the molecule is C.C.C.C=CC(=O)N[C@H]1CC[C@H](CC(O)=c2sc3nccc4c3c2nc(=O)n4-c2cnc(Oc3ccccc3)cc2C)C1. The molecule has 0 saturated heterocycles. The van der Waals surface area contributed by atoms with E-state index >= 15 is 0 Å². The summed E-state index contributed by atoms with van der Waals surface area (Å²) in [6.07, 6.45) is 7.48. The second-order valence-corrected chi connectivity index (χ2v) is 11.0. The molecule has 4 aromatic heterocycles. The summed E-state index contributed by atoms with van der Waals surface area (Å²) >= 11 is 1.33. The van der Waals surface area contributed by atoms with Gasteiger partial charge in [-0.05, 0) is 61.9 Å². The molecule has 9 nitrogen and oxygen atoms in total. The van der Waals surface area contributed by atoms with Crippen LogP contribution in [0.4, 0.5) is 0 Å². The summed E-state index contributed by atoms with van der Waals surface area (Å²) in [5.74, 6) is 1.31. The van der Waals surface area contributed by atoms with E-state index in [1.807, 2.05) is 37.3 Å². The standard InChI is InChI=1S/C30H27N5O4S.3CH4/c1-3-24(37)33-19-10-9-18(14-19)15-23(36)28-27-26-21(11-12-31-29(26)40-28)35(30(38)34-27)22-16-32-25(13-17(22)2)39-20-7-5-4-6-8-20;;;/h3-8,11-13,16,18-19,36H,1,9-10,14-15H2,2H3,(H,33,37);3*1H4/t18-,19-;;;/m0.../s1. The van der Waals surface area contributed by atoms with Crippen molar-refractivity contribution < 1.29 is 14.6 Å². The Hall–Kier alpha value is -4.57. The van der Waals surface area contributed by atoms with Crippen LogP contribution < -0.4 is 20.3 Å². The highest BCUT2D eigenvalue weighted by Gasteiger charge is 2.27. The Kier molecular flexibility index (Phi) is 10.4. The zero-order valence-corrected chi connectivity index (χ0v) is 22.6. The lowest BCUT2D eigenvalue weighted by Crippen LogP contribution is -2.31. The van der Waals surface area contributed by atoms with Crippen molar-refractivity contribution in [1.82, 2.24) is 24.8 Å². The molecule has 1 aliphatic rings. The largest absolute Gasteiger partial charge is 0.511 e. The zero-order valence-electron chi connectivity index (χ0n) is 21.8. The lowest BCUT2D eigenvalue weighted by Gasteiger charge is -2.13. The number of nitrogens with zero attached hydrogens (tertiary/aromatic N) is 4. The number of nitrogens with one attached hydrogen (secondary N) is 1. The van der Waals surface area contributed by atoms with E-state index in [0.29, 0.717) is 44.1 Å². The second-order valence-electron chi connectivity index (χ2n) is 9.98. The van der Waals surface area contributed by atoms with E-state index in [4.69, 9.17) is 4.74 Å². The lowest BCUT2D eigenvalue weighted by molar-refractivity contribution is -0.117. The third-order valence-corrected chi connectivity index (χ3v) is 8.40. The summed E-state index contributed by atoms with van der Waals surface area (Å²) in [5.41, 5.74) is 2.01. The van der Waals surface area contributed by atoms with Crippen molar-refractivity contribution in [3.8, 4) is 17.3 Å². The Labute approximate surface area is 255 Å². The first-order valence-corrected chi connectivity index (χ1v) is 13.9. The molecule has 226 valence electrons. The van der Waals surface area contributed by atoms with Crippen molar-refractivity contribution in [3.63, 3.8) is 0 Å². The van der Waals surface area contributed by atoms with Gasteiger partial charge in [0.1, 0.15) is 21.9 Å². The van der Waals surface area contributed by atoms with Gasteiger partial charge in [-0.3, -0.25) is 9.36 Å². The van der Waals surface area contributed by atoms with Crippen LogP contribution in [0.15, 0.2) is 72.3 Å². The number of carbonyl (C=O) groups excluding carboxylic acids is 1. The minimum Gasteiger partial charge on any atom is -0.511 e. The average molecular weight is 602 g/mol. The van der Waals surface area contributed by atoms with Crippen LogP contribution in [0.25, 0.3) is 32.7 Å². The predicted octanol–water partition coefficient (Wildman–Crippen LogP) is 6.65. The van der Waals surface area contributed by atoms with E-state index in [2.05, 4.69) is 26.8 Å². The molecule has 4 heterocycles. The summed E-state index contributed by atoms with van der Waals surface area (Å²) in [6.45, 7) is 5.40. The molecule has 1 saturated carbocycles. The van der Waals surface area contributed by atoms with E-state index in [0.717, 1.165) is 30.2 Å². The number of para-hydroxylation sites is 1. The van der Waals surface area contributed by atoms with E-state index in [-0.39, 0.29) is 45.9 Å². The molecule has 5 aromatic rings. The zero-order chi connectivity index (χ0) is 27.8. The number of aromatic nitrogens is 4. The fourth-order valence-corrected chi connectivity index (χ4v) is 6.46. The van der Waals surface area contributed by atoms with Crippen LogP contribution in [0, 0.1) is 12.8 Å². The number of aliphatic hydroxyl groups excluding tert-OH is 1. The number of aliphatic hydroxyl groups is 1. The number of ether oxygens (including phenoxy) is 1. The fourth-order valence-electron chi connectivity index (χ4n) is 5.40. The van der Waals surface area contributed by atoms with E-state index in [1.54, 1.807) is 24.5 Å². The highest BCUT2D eigenvalue weighted by Crippen LogP contribution is 2.32. The maximum atomic E-state index is 13.5. The number of rotatable bonds is 7. The monoisotopic (exact) mass is 601 g/mol. The van der Waals surface area contributed by atoms with Gasteiger partial charge in [-0.25, -0.2) is 14.8 Å². The summed E-state index contributed by atoms with van der Waals surface area (Å²) in [5, 5.41) is 14.8. The second kappa shape index (κ2) is 13.6. The number of amides is 1. The highest BCUT2D eigenvalue weighted by molar-refractivity contribution is 7.17. The molecule has 0 aliphatic heterocycles. The normalized spacial score (nSPS) is 16.5. The van der Waals surface area contributed by atoms with Crippen LogP contribution in [-0.2, 0) is 4.79 Å². The van der Waals surface area contributed by atoms with Crippen molar-refractivity contribution in [3.05, 3.63) is 88.1 Å². The number of benzene rings is 1. The Morgan fingerprint density at radius 1 is 1.19 bits per heavy atom. The molecule has 2 atom stereocenters. The van der Waals surface area contributed by atoms with Crippen LogP contribution >= 0.6 is 11.3 Å². The van der Waals surface area contributed by atoms with Gasteiger partial charge in [0.2, 0.25) is 11.8 Å². The molecule has 0 spiro atoms. The Morgan fingerprint density at radius 2 is 1.95 bits per heavy atom. The summed E-state index contributed by atoms with van der Waals surface area (Å²) in [6, 6.07) is 13.0. The van der Waals surface area contributed by atoms with Crippen LogP contribution in [0.1, 0.15) is 53.5 Å². The molecular formula is C33H39N5O4S. The van der Waals surface area contributed by atoms with Crippen LogP contribution in [0.5, 0.6) is 11.6 Å². The molecule has 0 bridgehead atoms. The molecule has 43 heavy (non-hydrogen) atoms. The van der Waals surface area contributed by atoms with Gasteiger partial charge in [0, 0.05) is 24.7 Å². The average Bonchev–Trinajstić information content (AvgIpc) is 3.55. The van der Waals surface area contributed by atoms with Crippen molar-refractivity contribution in [2.45, 2.75) is 60.9 Å². The molecule has 0 radical (unpaired) electrons. The molecular weight excluding hydrogens is 562 g/mol. The summed E-state index contributed by atoms with van der Waals surface area (Å²) in [4.78, 5) is 39.2. The fraction of sp³-hybridized carbons (Fsp3) is 0.303. The first kappa shape index (κ1) is 32.9. The summed E-state index contributed by atoms with van der Waals surface area (Å²) < 4.78 is 7.94. The maximum absolute atomic E-state index is 13.5. The smallest absolute Gasteiger partial charge is 0.353 e. The van der Waals surface area contributed by atoms with Gasteiger partial charge in [0.05, 0.1) is 27.3 Å². The molecule has 1 aliphatic carbocycles. The first-order valence-electron chi connectivity index (χ1n) is 13.1. The maximum Gasteiger partial charge on any atom is 0.353 e. The van der Waals surface area contributed by atoms with Gasteiger partial charge in [0.15, 0.2) is 0 Å². The summed E-state index contributed by atoms with van der Waals surface area (Å²) in [7, 11) is 0. The number of hydrogen-bond donors (Lipinski definition) is 2. The Bertz CT molecular complexity index is 1870. The number of carbonyl (C=O) groups is 1. The number of hydrogen-bond acceptors (Lipinski definition) is 8. The lowest BCUT2D eigenvalue weighted by atomic mass is 10.0. The molecule has 0 unspecified atom stereocenters. The van der Waals surface area contributed by atoms with Gasteiger partial charge in [-0.2, -0.15) is 4.98 Å². The van der Waals surface area contributed by atoms with Crippen molar-refractivity contribution in [1.29, 1.82) is 0 Å².